The predicted octanol–water partition coefficient (Wildman–Crippen LogP) is 2.50. The van der Waals surface area contributed by atoms with Crippen LogP contribution < -0.4 is 10.1 Å². The molecular weight excluding hydrogens is 334 g/mol. The van der Waals surface area contributed by atoms with Crippen molar-refractivity contribution in [3.8, 4) is 5.75 Å². The third-order valence-corrected chi connectivity index (χ3v) is 4.68. The van der Waals surface area contributed by atoms with Gasteiger partial charge >= 0.3 is 0 Å². The lowest BCUT2D eigenvalue weighted by Crippen LogP contribution is -2.40. The number of fused-ring (bicyclic) bond motifs is 1. The number of halogens is 1. The van der Waals surface area contributed by atoms with Crippen molar-refractivity contribution in [2.45, 2.75) is 25.3 Å². The average Bonchev–Trinajstić information content (AvgIpc) is 2.93. The second-order valence-corrected chi connectivity index (χ2v) is 6.51. The average molecular weight is 352 g/mol. The number of aliphatic hydroxyl groups excluding tert-OH is 1. The summed E-state index contributed by atoms with van der Waals surface area (Å²) in [5.74, 6) is 0.885. The maximum Gasteiger partial charge on any atom is 0.250 e. The SMILES string of the molecule is O=C(NC1CCCC1CO)C1=Cc2cc(Br)ccc2OC1. The van der Waals surface area contributed by atoms with E-state index in [2.05, 4.69) is 21.2 Å². The van der Waals surface area contributed by atoms with E-state index in [9.17, 15) is 9.90 Å². The van der Waals surface area contributed by atoms with E-state index in [0.29, 0.717) is 5.57 Å². The molecule has 0 aromatic heterocycles. The van der Waals surface area contributed by atoms with Gasteiger partial charge < -0.3 is 15.2 Å². The van der Waals surface area contributed by atoms with Crippen molar-refractivity contribution in [1.29, 1.82) is 0 Å². The lowest BCUT2D eigenvalue weighted by atomic mass is 10.0. The fourth-order valence-corrected chi connectivity index (χ4v) is 3.36. The van der Waals surface area contributed by atoms with Crippen molar-refractivity contribution < 1.29 is 14.6 Å². The molecular formula is C16H18BrNO3. The minimum absolute atomic E-state index is 0.0762. The van der Waals surface area contributed by atoms with E-state index in [-0.39, 0.29) is 31.1 Å². The molecule has 2 N–H and O–H groups in total. The van der Waals surface area contributed by atoms with Crippen LogP contribution in [0.1, 0.15) is 24.8 Å². The second-order valence-electron chi connectivity index (χ2n) is 5.59. The maximum atomic E-state index is 12.4. The summed E-state index contributed by atoms with van der Waals surface area (Å²) in [6.07, 6.45) is 4.85. The third-order valence-electron chi connectivity index (χ3n) is 4.19. The van der Waals surface area contributed by atoms with Crippen molar-refractivity contribution in [1.82, 2.24) is 5.32 Å². The van der Waals surface area contributed by atoms with Crippen LogP contribution in [-0.2, 0) is 4.79 Å². The number of aliphatic hydroxyl groups is 1. The van der Waals surface area contributed by atoms with Crippen LogP contribution in [0.3, 0.4) is 0 Å². The Balaban J connectivity index is 1.73. The zero-order valence-electron chi connectivity index (χ0n) is 11.6. The van der Waals surface area contributed by atoms with Crippen LogP contribution in [0.2, 0.25) is 0 Å². The number of hydrogen-bond donors (Lipinski definition) is 2. The Labute approximate surface area is 132 Å². The topological polar surface area (TPSA) is 58.6 Å². The van der Waals surface area contributed by atoms with E-state index in [1.165, 1.54) is 0 Å². The molecule has 1 aromatic carbocycles. The molecule has 21 heavy (non-hydrogen) atoms. The van der Waals surface area contributed by atoms with E-state index in [4.69, 9.17) is 4.74 Å². The number of amides is 1. The molecule has 1 amide bonds. The van der Waals surface area contributed by atoms with E-state index in [1.54, 1.807) is 0 Å². The number of ether oxygens (including phenoxy) is 1. The number of carbonyl (C=O) groups is 1. The molecule has 2 aliphatic rings. The van der Waals surface area contributed by atoms with Crippen molar-refractivity contribution in [3.05, 3.63) is 33.8 Å². The van der Waals surface area contributed by atoms with E-state index in [0.717, 1.165) is 35.0 Å². The fourth-order valence-electron chi connectivity index (χ4n) is 2.99. The summed E-state index contributed by atoms with van der Waals surface area (Å²) in [4.78, 5) is 12.4. The summed E-state index contributed by atoms with van der Waals surface area (Å²) in [7, 11) is 0. The molecule has 4 nitrogen and oxygen atoms in total. The summed E-state index contributed by atoms with van der Waals surface area (Å²) in [5.41, 5.74) is 1.54. The molecule has 1 aromatic rings. The molecule has 3 rings (SSSR count). The molecule has 0 spiro atoms. The first-order chi connectivity index (χ1) is 10.2. The first-order valence-electron chi connectivity index (χ1n) is 7.22. The Hall–Kier alpha value is -1.33. The van der Waals surface area contributed by atoms with Crippen LogP contribution in [0.25, 0.3) is 6.08 Å². The molecule has 1 aliphatic heterocycles. The van der Waals surface area contributed by atoms with Gasteiger partial charge in [-0.3, -0.25) is 4.79 Å². The van der Waals surface area contributed by atoms with Gasteiger partial charge in [0.15, 0.2) is 0 Å². The van der Waals surface area contributed by atoms with Crippen LogP contribution in [0.5, 0.6) is 5.75 Å². The Morgan fingerprint density at radius 2 is 2.29 bits per heavy atom. The molecule has 0 radical (unpaired) electrons. The zero-order valence-corrected chi connectivity index (χ0v) is 13.2. The Bertz CT molecular complexity index is 585. The molecule has 2 atom stereocenters. The lowest BCUT2D eigenvalue weighted by molar-refractivity contribution is -0.118. The molecule has 2 unspecified atom stereocenters. The molecule has 112 valence electrons. The summed E-state index contributed by atoms with van der Waals surface area (Å²) in [6, 6.07) is 5.83. The van der Waals surface area contributed by atoms with Gasteiger partial charge in [-0.25, -0.2) is 0 Å². The summed E-state index contributed by atoms with van der Waals surface area (Å²) >= 11 is 3.42. The van der Waals surface area contributed by atoms with Crippen LogP contribution >= 0.6 is 15.9 Å². The highest BCUT2D eigenvalue weighted by atomic mass is 79.9. The number of rotatable bonds is 3. The van der Waals surface area contributed by atoms with Crippen LogP contribution in [0, 0.1) is 5.92 Å². The van der Waals surface area contributed by atoms with Crippen molar-refractivity contribution in [3.63, 3.8) is 0 Å². The van der Waals surface area contributed by atoms with Gasteiger partial charge in [0.05, 0.1) is 5.57 Å². The number of carbonyl (C=O) groups excluding carboxylic acids is 1. The predicted molar refractivity (Wildman–Crippen MR) is 84.0 cm³/mol. The molecule has 0 bridgehead atoms. The van der Waals surface area contributed by atoms with Crippen LogP contribution in [0.4, 0.5) is 0 Å². The van der Waals surface area contributed by atoms with E-state index in [1.807, 2.05) is 24.3 Å². The quantitative estimate of drug-likeness (QED) is 0.879. The molecule has 1 saturated carbocycles. The molecule has 5 heteroatoms. The van der Waals surface area contributed by atoms with Crippen LogP contribution in [0.15, 0.2) is 28.2 Å². The summed E-state index contributed by atoms with van der Waals surface area (Å²) in [6.45, 7) is 0.424. The van der Waals surface area contributed by atoms with E-state index < -0.39 is 0 Å². The number of hydrogen-bond acceptors (Lipinski definition) is 3. The first-order valence-corrected chi connectivity index (χ1v) is 8.01. The monoisotopic (exact) mass is 351 g/mol. The number of nitrogens with one attached hydrogen (secondary N) is 1. The highest BCUT2D eigenvalue weighted by Gasteiger charge is 2.29. The van der Waals surface area contributed by atoms with Gasteiger partial charge in [0, 0.05) is 28.6 Å². The zero-order chi connectivity index (χ0) is 14.8. The van der Waals surface area contributed by atoms with Crippen molar-refractivity contribution >= 4 is 27.9 Å². The third kappa shape index (κ3) is 3.14. The van der Waals surface area contributed by atoms with Gasteiger partial charge in [0.2, 0.25) is 0 Å². The van der Waals surface area contributed by atoms with Crippen molar-refractivity contribution in [2.24, 2.45) is 5.92 Å². The van der Waals surface area contributed by atoms with Crippen LogP contribution in [-0.4, -0.2) is 30.3 Å². The maximum absolute atomic E-state index is 12.4. The Kier molecular flexibility index (Phi) is 4.31. The second kappa shape index (κ2) is 6.20. The van der Waals surface area contributed by atoms with Gasteiger partial charge in [0.25, 0.3) is 5.91 Å². The summed E-state index contributed by atoms with van der Waals surface area (Å²) in [5, 5.41) is 12.4. The largest absolute Gasteiger partial charge is 0.488 e. The number of benzene rings is 1. The smallest absolute Gasteiger partial charge is 0.250 e. The fraction of sp³-hybridized carbons (Fsp3) is 0.438. The molecule has 1 aliphatic carbocycles. The van der Waals surface area contributed by atoms with Gasteiger partial charge in [-0.15, -0.1) is 0 Å². The molecule has 1 heterocycles. The van der Waals surface area contributed by atoms with Gasteiger partial charge in [-0.05, 0) is 37.1 Å². The highest BCUT2D eigenvalue weighted by Crippen LogP contribution is 2.30. The Morgan fingerprint density at radius 3 is 3.10 bits per heavy atom. The van der Waals surface area contributed by atoms with E-state index >= 15 is 0 Å². The van der Waals surface area contributed by atoms with Gasteiger partial charge in [-0.2, -0.15) is 0 Å². The van der Waals surface area contributed by atoms with Crippen molar-refractivity contribution in [2.75, 3.05) is 13.2 Å². The highest BCUT2D eigenvalue weighted by molar-refractivity contribution is 9.10. The lowest BCUT2D eigenvalue weighted by Gasteiger charge is -2.22. The Morgan fingerprint density at radius 1 is 1.43 bits per heavy atom. The minimum atomic E-state index is -0.0917. The molecule has 1 fully saturated rings. The van der Waals surface area contributed by atoms with Gasteiger partial charge in [0.1, 0.15) is 12.4 Å². The standard InChI is InChI=1S/C16H18BrNO3/c17-13-4-5-15-11(7-13)6-12(9-21-15)16(20)18-14-3-1-2-10(14)8-19/h4-7,10,14,19H,1-3,8-9H2,(H,18,20). The molecule has 0 saturated heterocycles. The normalized spacial score (nSPS) is 24.0. The first kappa shape index (κ1) is 14.6. The van der Waals surface area contributed by atoms with Gasteiger partial charge in [-0.1, -0.05) is 22.4 Å². The summed E-state index contributed by atoms with van der Waals surface area (Å²) < 4.78 is 6.59. The minimum Gasteiger partial charge on any atom is -0.488 e.